The Bertz CT molecular complexity index is 228. The fraction of sp³-hybridized carbons (Fsp3) is 0.889. The first-order valence-electron chi connectivity index (χ1n) is 4.82. The van der Waals surface area contributed by atoms with E-state index in [-0.39, 0.29) is 12.1 Å². The van der Waals surface area contributed by atoms with Crippen molar-refractivity contribution >= 4 is 17.3 Å². The number of nitrogens with one attached hydrogen (secondary N) is 2. The molecule has 2 saturated carbocycles. The van der Waals surface area contributed by atoms with Crippen LogP contribution in [0.3, 0.4) is 0 Å². The van der Waals surface area contributed by atoms with Gasteiger partial charge in [0.05, 0.1) is 0 Å². The summed E-state index contributed by atoms with van der Waals surface area (Å²) in [4.78, 5) is 0. The van der Waals surface area contributed by atoms with Crippen molar-refractivity contribution in [1.29, 1.82) is 0 Å². The monoisotopic (exact) mass is 200 g/mol. The third kappa shape index (κ3) is 2.31. The lowest BCUT2D eigenvalue weighted by Crippen LogP contribution is -2.43. The second kappa shape index (κ2) is 3.10. The summed E-state index contributed by atoms with van der Waals surface area (Å²) in [6.07, 6.45) is 3.47. The zero-order valence-electron chi connectivity index (χ0n) is 7.84. The summed E-state index contributed by atoms with van der Waals surface area (Å²) in [6.45, 7) is 2.45. The van der Waals surface area contributed by atoms with E-state index in [9.17, 15) is 0 Å². The molecule has 0 saturated heterocycles. The van der Waals surface area contributed by atoms with Crippen molar-refractivity contribution < 1.29 is 5.11 Å². The number of thiocarbonyl (C=S) groups is 1. The van der Waals surface area contributed by atoms with Crippen molar-refractivity contribution in [1.82, 2.24) is 10.6 Å². The number of rotatable bonds is 3. The van der Waals surface area contributed by atoms with Gasteiger partial charge < -0.3 is 15.7 Å². The van der Waals surface area contributed by atoms with E-state index < -0.39 is 0 Å². The number of aliphatic hydroxyl groups is 1. The van der Waals surface area contributed by atoms with Crippen molar-refractivity contribution in [2.45, 2.75) is 37.8 Å². The van der Waals surface area contributed by atoms with Crippen molar-refractivity contribution in [3.8, 4) is 0 Å². The quantitative estimate of drug-likeness (QED) is 0.576. The molecular formula is C9H16N2OS. The first kappa shape index (κ1) is 9.21. The van der Waals surface area contributed by atoms with Crippen LogP contribution in [0.1, 0.15) is 26.2 Å². The number of hydrogen-bond donors (Lipinski definition) is 3. The molecule has 2 atom stereocenters. The zero-order valence-corrected chi connectivity index (χ0v) is 8.66. The SMILES string of the molecule is CC1(NC(=S)NC2CC2CO)CC1. The van der Waals surface area contributed by atoms with Gasteiger partial charge in [0, 0.05) is 24.1 Å². The van der Waals surface area contributed by atoms with Gasteiger partial charge in [-0.3, -0.25) is 0 Å². The first-order valence-corrected chi connectivity index (χ1v) is 5.23. The van der Waals surface area contributed by atoms with Gasteiger partial charge in [0.15, 0.2) is 5.11 Å². The van der Waals surface area contributed by atoms with Crippen LogP contribution in [0.5, 0.6) is 0 Å². The highest BCUT2D eigenvalue weighted by molar-refractivity contribution is 7.80. The van der Waals surface area contributed by atoms with Crippen LogP contribution < -0.4 is 10.6 Å². The Kier molecular flexibility index (Phi) is 2.20. The molecule has 0 aromatic heterocycles. The van der Waals surface area contributed by atoms with E-state index in [2.05, 4.69) is 17.6 Å². The molecule has 0 aromatic rings. The molecule has 3 N–H and O–H groups in total. The van der Waals surface area contributed by atoms with E-state index in [1.165, 1.54) is 12.8 Å². The zero-order chi connectivity index (χ0) is 9.47. The van der Waals surface area contributed by atoms with Crippen LogP contribution in [-0.4, -0.2) is 28.4 Å². The molecule has 0 radical (unpaired) electrons. The summed E-state index contributed by atoms with van der Waals surface area (Å²) >= 11 is 5.16. The van der Waals surface area contributed by atoms with Crippen LogP contribution in [0.4, 0.5) is 0 Å². The lowest BCUT2D eigenvalue weighted by Gasteiger charge is -2.15. The Balaban J connectivity index is 1.68. The normalized spacial score (nSPS) is 33.7. The topological polar surface area (TPSA) is 44.3 Å². The van der Waals surface area contributed by atoms with Gasteiger partial charge in [-0.05, 0) is 38.4 Å². The standard InChI is InChI=1S/C9H16N2OS/c1-9(2-3-9)11-8(13)10-7-4-6(7)5-12/h6-7,12H,2-5H2,1H3,(H2,10,11,13). The molecule has 3 nitrogen and oxygen atoms in total. The fourth-order valence-corrected chi connectivity index (χ4v) is 1.81. The maximum atomic E-state index is 8.83. The Morgan fingerprint density at radius 2 is 2.31 bits per heavy atom. The van der Waals surface area contributed by atoms with Crippen LogP contribution in [-0.2, 0) is 0 Å². The molecule has 2 aliphatic rings. The highest BCUT2D eigenvalue weighted by Gasteiger charge is 2.40. The predicted octanol–water partition coefficient (Wildman–Crippen LogP) is 0.384. The number of aliphatic hydroxyl groups excluding tert-OH is 1. The van der Waals surface area contributed by atoms with E-state index in [0.29, 0.717) is 12.0 Å². The molecule has 13 heavy (non-hydrogen) atoms. The smallest absolute Gasteiger partial charge is 0.166 e. The van der Waals surface area contributed by atoms with Crippen LogP contribution in [0.15, 0.2) is 0 Å². The van der Waals surface area contributed by atoms with Crippen molar-refractivity contribution in [2.75, 3.05) is 6.61 Å². The molecular weight excluding hydrogens is 184 g/mol. The third-order valence-corrected chi connectivity index (χ3v) is 3.11. The van der Waals surface area contributed by atoms with Crippen LogP contribution in [0, 0.1) is 5.92 Å². The van der Waals surface area contributed by atoms with E-state index in [0.717, 1.165) is 11.5 Å². The molecule has 0 aliphatic heterocycles. The Morgan fingerprint density at radius 1 is 1.62 bits per heavy atom. The van der Waals surface area contributed by atoms with Crippen molar-refractivity contribution in [3.63, 3.8) is 0 Å². The summed E-state index contributed by atoms with van der Waals surface area (Å²) in [5, 5.41) is 16.1. The molecule has 4 heteroatoms. The van der Waals surface area contributed by atoms with E-state index in [4.69, 9.17) is 17.3 Å². The molecule has 74 valence electrons. The van der Waals surface area contributed by atoms with E-state index in [1.54, 1.807) is 0 Å². The molecule has 2 unspecified atom stereocenters. The summed E-state index contributed by atoms with van der Waals surface area (Å²) < 4.78 is 0. The van der Waals surface area contributed by atoms with Gasteiger partial charge >= 0.3 is 0 Å². The molecule has 2 fully saturated rings. The van der Waals surface area contributed by atoms with Crippen LogP contribution >= 0.6 is 12.2 Å². The van der Waals surface area contributed by atoms with Gasteiger partial charge in [0.2, 0.25) is 0 Å². The molecule has 0 spiro atoms. The predicted molar refractivity (Wildman–Crippen MR) is 55.5 cm³/mol. The maximum Gasteiger partial charge on any atom is 0.166 e. The Hall–Kier alpha value is -0.350. The molecule has 0 bridgehead atoms. The largest absolute Gasteiger partial charge is 0.396 e. The minimum absolute atomic E-state index is 0.258. The lowest BCUT2D eigenvalue weighted by atomic mass is 10.3. The van der Waals surface area contributed by atoms with Gasteiger partial charge in [0.1, 0.15) is 0 Å². The van der Waals surface area contributed by atoms with Crippen LogP contribution in [0.2, 0.25) is 0 Å². The van der Waals surface area contributed by atoms with Gasteiger partial charge in [-0.2, -0.15) is 0 Å². The minimum atomic E-state index is 0.258. The Labute approximate surface area is 83.9 Å². The summed E-state index contributed by atoms with van der Waals surface area (Å²) in [7, 11) is 0. The summed E-state index contributed by atoms with van der Waals surface area (Å²) in [5.74, 6) is 0.423. The van der Waals surface area contributed by atoms with E-state index >= 15 is 0 Å². The second-order valence-electron chi connectivity index (χ2n) is 4.44. The lowest BCUT2D eigenvalue weighted by molar-refractivity contribution is 0.272. The van der Waals surface area contributed by atoms with Crippen LogP contribution in [0.25, 0.3) is 0 Å². The molecule has 0 aromatic carbocycles. The molecule has 0 amide bonds. The highest BCUT2D eigenvalue weighted by Crippen LogP contribution is 2.34. The minimum Gasteiger partial charge on any atom is -0.396 e. The van der Waals surface area contributed by atoms with Crippen molar-refractivity contribution in [2.24, 2.45) is 5.92 Å². The summed E-state index contributed by atoms with van der Waals surface area (Å²) in [5.41, 5.74) is 0.258. The fourth-order valence-electron chi connectivity index (χ4n) is 1.42. The average Bonchev–Trinajstić information content (AvgIpc) is 2.91. The number of hydrogen-bond acceptors (Lipinski definition) is 2. The molecule has 2 aliphatic carbocycles. The first-order chi connectivity index (χ1) is 6.13. The van der Waals surface area contributed by atoms with Crippen molar-refractivity contribution in [3.05, 3.63) is 0 Å². The molecule has 2 rings (SSSR count). The molecule has 0 heterocycles. The van der Waals surface area contributed by atoms with Gasteiger partial charge in [-0.15, -0.1) is 0 Å². The Morgan fingerprint density at radius 3 is 2.77 bits per heavy atom. The highest BCUT2D eigenvalue weighted by atomic mass is 32.1. The van der Waals surface area contributed by atoms with Gasteiger partial charge in [0.25, 0.3) is 0 Å². The van der Waals surface area contributed by atoms with E-state index in [1.807, 2.05) is 0 Å². The second-order valence-corrected chi connectivity index (χ2v) is 4.85. The third-order valence-electron chi connectivity index (χ3n) is 2.89. The van der Waals surface area contributed by atoms with Gasteiger partial charge in [-0.1, -0.05) is 0 Å². The average molecular weight is 200 g/mol. The maximum absolute atomic E-state index is 8.83. The summed E-state index contributed by atoms with van der Waals surface area (Å²) in [6, 6.07) is 0.410. The van der Waals surface area contributed by atoms with Gasteiger partial charge in [-0.25, -0.2) is 0 Å².